The molecule has 0 unspecified atom stereocenters. The number of ether oxygens (including phenoxy) is 2. The summed E-state index contributed by atoms with van der Waals surface area (Å²) in [5, 5.41) is 11.5. The third-order valence-corrected chi connectivity index (χ3v) is 5.26. The standard InChI is InChI=1S/C22H24ClNO4/c1-27-19-13-20(28-2)21(22(26)16(19)14-24-11-5-6-12-24)18(25)10-9-15-7-3-4-8-17(15)23/h3-4,7-10,13,26H,5-6,11-12,14H2,1-2H3/b10-9+. The van der Waals surface area contributed by atoms with Crippen molar-refractivity contribution in [3.05, 3.63) is 58.1 Å². The minimum absolute atomic E-state index is 0.100. The summed E-state index contributed by atoms with van der Waals surface area (Å²) in [6.07, 6.45) is 5.29. The summed E-state index contributed by atoms with van der Waals surface area (Å²) in [5.74, 6) is 0.317. The molecule has 0 saturated carbocycles. The molecule has 0 spiro atoms. The van der Waals surface area contributed by atoms with E-state index in [4.69, 9.17) is 21.1 Å². The van der Waals surface area contributed by atoms with Crippen molar-refractivity contribution in [3.8, 4) is 17.2 Å². The Labute approximate surface area is 170 Å². The van der Waals surface area contributed by atoms with Crippen LogP contribution in [0.4, 0.5) is 0 Å². The molecule has 3 rings (SSSR count). The lowest BCUT2D eigenvalue weighted by Gasteiger charge is -2.20. The van der Waals surface area contributed by atoms with Crippen LogP contribution in [0.15, 0.2) is 36.4 Å². The average Bonchev–Trinajstić information content (AvgIpc) is 3.21. The molecule has 0 amide bonds. The second-order valence-corrected chi connectivity index (χ2v) is 7.09. The largest absolute Gasteiger partial charge is 0.507 e. The van der Waals surface area contributed by atoms with E-state index in [-0.39, 0.29) is 22.8 Å². The van der Waals surface area contributed by atoms with E-state index in [0.717, 1.165) is 31.5 Å². The first-order chi connectivity index (χ1) is 13.5. The molecular weight excluding hydrogens is 378 g/mol. The molecular formula is C22H24ClNO4. The number of hydrogen-bond donors (Lipinski definition) is 1. The van der Waals surface area contributed by atoms with Crippen LogP contribution in [-0.4, -0.2) is 43.1 Å². The SMILES string of the molecule is COc1cc(OC)c(C(=O)/C=C/c2ccccc2Cl)c(O)c1CN1CCCC1. The lowest BCUT2D eigenvalue weighted by atomic mass is 10.0. The van der Waals surface area contributed by atoms with Gasteiger partial charge in [-0.2, -0.15) is 0 Å². The number of likely N-dealkylation sites (tertiary alicyclic amines) is 1. The average molecular weight is 402 g/mol. The Balaban J connectivity index is 1.98. The number of phenolic OH excluding ortho intramolecular Hbond substituents is 1. The van der Waals surface area contributed by atoms with Gasteiger partial charge in [-0.05, 0) is 49.7 Å². The van der Waals surface area contributed by atoms with Crippen LogP contribution < -0.4 is 9.47 Å². The van der Waals surface area contributed by atoms with Crippen molar-refractivity contribution >= 4 is 23.5 Å². The zero-order chi connectivity index (χ0) is 20.1. The van der Waals surface area contributed by atoms with Gasteiger partial charge in [0.25, 0.3) is 0 Å². The maximum Gasteiger partial charge on any atom is 0.193 e. The summed E-state index contributed by atoms with van der Waals surface area (Å²) in [5.41, 5.74) is 1.45. The van der Waals surface area contributed by atoms with E-state index in [0.29, 0.717) is 22.9 Å². The van der Waals surface area contributed by atoms with Crippen LogP contribution in [0.1, 0.15) is 34.3 Å². The van der Waals surface area contributed by atoms with Crippen LogP contribution in [0.3, 0.4) is 0 Å². The highest BCUT2D eigenvalue weighted by atomic mass is 35.5. The Kier molecular flexibility index (Phi) is 6.60. The molecule has 0 bridgehead atoms. The number of rotatable bonds is 7. The first-order valence-corrected chi connectivity index (χ1v) is 9.59. The molecule has 1 aliphatic rings. The van der Waals surface area contributed by atoms with Crippen molar-refractivity contribution in [2.75, 3.05) is 27.3 Å². The van der Waals surface area contributed by atoms with Gasteiger partial charge in [0.05, 0.1) is 19.8 Å². The highest BCUT2D eigenvalue weighted by molar-refractivity contribution is 6.32. The Morgan fingerprint density at radius 2 is 1.86 bits per heavy atom. The molecule has 2 aromatic carbocycles. The van der Waals surface area contributed by atoms with Crippen molar-refractivity contribution in [1.82, 2.24) is 4.90 Å². The Bertz CT molecular complexity index is 888. The van der Waals surface area contributed by atoms with Crippen molar-refractivity contribution < 1.29 is 19.4 Å². The number of nitrogens with zero attached hydrogens (tertiary/aromatic N) is 1. The number of methoxy groups -OCH3 is 2. The van der Waals surface area contributed by atoms with Crippen molar-refractivity contribution in [2.45, 2.75) is 19.4 Å². The van der Waals surface area contributed by atoms with Gasteiger partial charge in [-0.1, -0.05) is 29.8 Å². The van der Waals surface area contributed by atoms with Gasteiger partial charge in [0.15, 0.2) is 5.78 Å². The van der Waals surface area contributed by atoms with Crippen LogP contribution in [0.2, 0.25) is 5.02 Å². The van der Waals surface area contributed by atoms with Crippen LogP contribution in [0.25, 0.3) is 6.08 Å². The van der Waals surface area contributed by atoms with Crippen molar-refractivity contribution in [3.63, 3.8) is 0 Å². The summed E-state index contributed by atoms with van der Waals surface area (Å²) in [6.45, 7) is 2.45. The molecule has 1 fully saturated rings. The summed E-state index contributed by atoms with van der Waals surface area (Å²) >= 11 is 6.14. The topological polar surface area (TPSA) is 59.0 Å². The van der Waals surface area contributed by atoms with Gasteiger partial charge >= 0.3 is 0 Å². The first kappa shape index (κ1) is 20.2. The zero-order valence-electron chi connectivity index (χ0n) is 16.1. The van der Waals surface area contributed by atoms with Crippen LogP contribution in [-0.2, 0) is 6.54 Å². The number of hydrogen-bond acceptors (Lipinski definition) is 5. The number of phenols is 1. The van der Waals surface area contributed by atoms with E-state index < -0.39 is 0 Å². The molecule has 0 atom stereocenters. The fraction of sp³-hybridized carbons (Fsp3) is 0.318. The summed E-state index contributed by atoms with van der Waals surface area (Å²) < 4.78 is 10.8. The lowest BCUT2D eigenvalue weighted by molar-refractivity contribution is 0.104. The van der Waals surface area contributed by atoms with E-state index in [9.17, 15) is 9.90 Å². The highest BCUT2D eigenvalue weighted by Crippen LogP contribution is 2.40. The number of allylic oxidation sites excluding steroid dienone is 1. The molecule has 0 aromatic heterocycles. The molecule has 1 heterocycles. The fourth-order valence-corrected chi connectivity index (χ4v) is 3.62. The van der Waals surface area contributed by atoms with Gasteiger partial charge in [0, 0.05) is 17.6 Å². The van der Waals surface area contributed by atoms with Gasteiger partial charge in [-0.25, -0.2) is 0 Å². The smallest absolute Gasteiger partial charge is 0.193 e. The molecule has 2 aromatic rings. The monoisotopic (exact) mass is 401 g/mol. The number of carbonyl (C=O) groups excluding carboxylic acids is 1. The molecule has 28 heavy (non-hydrogen) atoms. The van der Waals surface area contributed by atoms with Gasteiger partial charge in [0.2, 0.25) is 0 Å². The summed E-state index contributed by atoms with van der Waals surface area (Å²) in [7, 11) is 3.00. The molecule has 148 valence electrons. The normalized spacial score (nSPS) is 14.5. The van der Waals surface area contributed by atoms with Gasteiger partial charge < -0.3 is 14.6 Å². The maximum atomic E-state index is 12.9. The summed E-state index contributed by atoms with van der Waals surface area (Å²) in [4.78, 5) is 15.1. The van der Waals surface area contributed by atoms with E-state index >= 15 is 0 Å². The second kappa shape index (κ2) is 9.13. The number of halogens is 1. The molecule has 0 radical (unpaired) electrons. The predicted octanol–water partition coefficient (Wildman–Crippen LogP) is 4.55. The fourth-order valence-electron chi connectivity index (χ4n) is 3.42. The molecule has 1 N–H and O–H groups in total. The van der Waals surface area contributed by atoms with Gasteiger partial charge in [-0.3, -0.25) is 9.69 Å². The highest BCUT2D eigenvalue weighted by Gasteiger charge is 2.25. The molecule has 6 heteroatoms. The minimum atomic E-state index is -0.361. The first-order valence-electron chi connectivity index (χ1n) is 9.21. The Hall–Kier alpha value is -2.50. The van der Waals surface area contributed by atoms with E-state index in [1.165, 1.54) is 13.2 Å². The second-order valence-electron chi connectivity index (χ2n) is 6.69. The van der Waals surface area contributed by atoms with Gasteiger partial charge in [-0.15, -0.1) is 0 Å². The maximum absolute atomic E-state index is 12.9. The number of aromatic hydroxyl groups is 1. The minimum Gasteiger partial charge on any atom is -0.507 e. The Morgan fingerprint density at radius 1 is 1.18 bits per heavy atom. The van der Waals surface area contributed by atoms with Crippen molar-refractivity contribution in [2.24, 2.45) is 0 Å². The third-order valence-electron chi connectivity index (χ3n) is 4.91. The number of carbonyl (C=O) groups is 1. The molecule has 0 aliphatic carbocycles. The van der Waals surface area contributed by atoms with Gasteiger partial charge in [0.1, 0.15) is 22.8 Å². The van der Waals surface area contributed by atoms with Crippen LogP contribution in [0.5, 0.6) is 17.2 Å². The van der Waals surface area contributed by atoms with E-state index in [2.05, 4.69) is 4.90 Å². The molecule has 5 nitrogen and oxygen atoms in total. The van der Waals surface area contributed by atoms with Crippen LogP contribution in [0, 0.1) is 0 Å². The summed E-state index contributed by atoms with van der Waals surface area (Å²) in [6, 6.07) is 8.89. The molecule has 1 saturated heterocycles. The molecule has 1 aliphatic heterocycles. The predicted molar refractivity (Wildman–Crippen MR) is 111 cm³/mol. The lowest BCUT2D eigenvalue weighted by Crippen LogP contribution is -2.19. The third kappa shape index (κ3) is 4.32. The Morgan fingerprint density at radius 3 is 2.50 bits per heavy atom. The van der Waals surface area contributed by atoms with Crippen molar-refractivity contribution in [1.29, 1.82) is 0 Å². The zero-order valence-corrected chi connectivity index (χ0v) is 16.8. The van der Waals surface area contributed by atoms with E-state index in [1.807, 2.05) is 18.2 Å². The number of ketones is 1. The van der Waals surface area contributed by atoms with Crippen LogP contribution >= 0.6 is 11.6 Å². The van der Waals surface area contributed by atoms with E-state index in [1.54, 1.807) is 25.3 Å². The number of benzene rings is 2. The quantitative estimate of drug-likeness (QED) is 0.544.